The topological polar surface area (TPSA) is 88.9 Å². The molecular formula is C23H17F2N5O2S. The van der Waals surface area contributed by atoms with E-state index in [9.17, 15) is 18.4 Å². The monoisotopic (exact) mass is 465 g/mol. The number of urea groups is 1. The largest absolute Gasteiger partial charge is 0.325 e. The van der Waals surface area contributed by atoms with Crippen LogP contribution in [0.5, 0.6) is 0 Å². The van der Waals surface area contributed by atoms with Crippen LogP contribution in [0.15, 0.2) is 84.0 Å². The quantitative estimate of drug-likeness (QED) is 0.405. The number of amides is 3. The van der Waals surface area contributed by atoms with E-state index >= 15 is 0 Å². The van der Waals surface area contributed by atoms with Crippen molar-refractivity contribution in [3.8, 4) is 17.1 Å². The van der Waals surface area contributed by atoms with Gasteiger partial charge < -0.3 is 5.32 Å². The number of hydrogen-bond acceptors (Lipinski definition) is 5. The normalized spacial score (nSPS) is 10.6. The van der Waals surface area contributed by atoms with Crippen LogP contribution in [-0.4, -0.2) is 32.5 Å². The summed E-state index contributed by atoms with van der Waals surface area (Å²) in [6.07, 6.45) is 0. The van der Waals surface area contributed by atoms with E-state index in [-0.39, 0.29) is 16.6 Å². The number of halogens is 2. The van der Waals surface area contributed by atoms with Gasteiger partial charge in [-0.3, -0.25) is 14.7 Å². The SMILES string of the molecule is O=C(CSc1nnc(-c2ccccc2)n1-c1ccc(F)cc1F)NC(=O)Nc1ccccc1. The molecule has 0 saturated heterocycles. The number of rotatable bonds is 6. The maximum atomic E-state index is 14.6. The first-order valence-electron chi connectivity index (χ1n) is 9.76. The number of hydrogen-bond donors (Lipinski definition) is 2. The highest BCUT2D eigenvalue weighted by atomic mass is 32.2. The molecule has 3 aromatic carbocycles. The number of nitrogens with zero attached hydrogens (tertiary/aromatic N) is 3. The van der Waals surface area contributed by atoms with E-state index in [1.54, 1.807) is 54.6 Å². The van der Waals surface area contributed by atoms with E-state index in [1.807, 2.05) is 6.07 Å². The maximum absolute atomic E-state index is 14.6. The second-order valence-electron chi connectivity index (χ2n) is 6.76. The maximum Gasteiger partial charge on any atom is 0.325 e. The molecule has 0 unspecified atom stereocenters. The Hall–Kier alpha value is -4.05. The van der Waals surface area contributed by atoms with Gasteiger partial charge in [-0.15, -0.1) is 10.2 Å². The summed E-state index contributed by atoms with van der Waals surface area (Å²) in [6, 6.07) is 20.1. The molecule has 10 heteroatoms. The Balaban J connectivity index is 1.53. The van der Waals surface area contributed by atoms with Crippen molar-refractivity contribution >= 4 is 29.4 Å². The minimum absolute atomic E-state index is 0.0324. The fourth-order valence-corrected chi connectivity index (χ4v) is 3.74. The Bertz CT molecular complexity index is 1280. The number of aromatic nitrogens is 3. The first kappa shape index (κ1) is 22.2. The van der Waals surface area contributed by atoms with Crippen LogP contribution in [0, 0.1) is 11.6 Å². The van der Waals surface area contributed by atoms with E-state index in [2.05, 4.69) is 20.8 Å². The molecule has 4 aromatic rings. The molecule has 0 spiro atoms. The van der Waals surface area contributed by atoms with Crippen LogP contribution >= 0.6 is 11.8 Å². The fraction of sp³-hybridized carbons (Fsp3) is 0.0435. The smallest absolute Gasteiger partial charge is 0.308 e. The molecule has 0 saturated carbocycles. The van der Waals surface area contributed by atoms with Crippen molar-refractivity contribution in [1.29, 1.82) is 0 Å². The zero-order valence-electron chi connectivity index (χ0n) is 17.0. The molecule has 0 radical (unpaired) electrons. The van der Waals surface area contributed by atoms with Gasteiger partial charge in [-0.1, -0.05) is 60.3 Å². The Morgan fingerprint density at radius 1 is 0.909 bits per heavy atom. The van der Waals surface area contributed by atoms with Gasteiger partial charge in [0.25, 0.3) is 0 Å². The van der Waals surface area contributed by atoms with Crippen molar-refractivity contribution < 1.29 is 18.4 Å². The molecule has 166 valence electrons. The van der Waals surface area contributed by atoms with Crippen LogP contribution in [0.25, 0.3) is 17.1 Å². The summed E-state index contributed by atoms with van der Waals surface area (Å²) >= 11 is 0.964. The molecule has 0 aliphatic rings. The molecule has 0 atom stereocenters. The van der Waals surface area contributed by atoms with Gasteiger partial charge in [-0.25, -0.2) is 13.6 Å². The van der Waals surface area contributed by atoms with Crippen molar-refractivity contribution in [1.82, 2.24) is 20.1 Å². The van der Waals surface area contributed by atoms with E-state index in [4.69, 9.17) is 0 Å². The minimum atomic E-state index is -0.805. The first-order valence-corrected chi connectivity index (χ1v) is 10.7. The number of benzene rings is 3. The van der Waals surface area contributed by atoms with E-state index in [0.29, 0.717) is 17.1 Å². The molecule has 2 N–H and O–H groups in total. The van der Waals surface area contributed by atoms with Crippen LogP contribution in [0.4, 0.5) is 19.3 Å². The number of anilines is 1. The molecular weight excluding hydrogens is 448 g/mol. The highest BCUT2D eigenvalue weighted by molar-refractivity contribution is 7.99. The highest BCUT2D eigenvalue weighted by Gasteiger charge is 2.20. The molecule has 7 nitrogen and oxygen atoms in total. The zero-order valence-corrected chi connectivity index (χ0v) is 17.9. The summed E-state index contributed by atoms with van der Waals surface area (Å²) in [5, 5.41) is 13.2. The van der Waals surface area contributed by atoms with E-state index in [0.717, 1.165) is 23.9 Å². The van der Waals surface area contributed by atoms with Crippen molar-refractivity contribution in [2.45, 2.75) is 5.16 Å². The summed E-state index contributed by atoms with van der Waals surface area (Å²) < 4.78 is 29.5. The molecule has 33 heavy (non-hydrogen) atoms. The summed E-state index contributed by atoms with van der Waals surface area (Å²) in [6.45, 7) is 0. The third-order valence-corrected chi connectivity index (χ3v) is 5.36. The standard InChI is InChI=1S/C23H17F2N5O2S/c24-16-11-12-19(18(25)13-16)30-21(15-7-3-1-4-8-15)28-29-23(30)33-14-20(31)27-22(32)26-17-9-5-2-6-10-17/h1-13H,14H2,(H2,26,27,31,32). The second-order valence-corrected chi connectivity index (χ2v) is 7.70. The van der Waals surface area contributed by atoms with Gasteiger partial charge in [0.15, 0.2) is 11.0 Å². The summed E-state index contributed by atoms with van der Waals surface area (Å²) in [5.41, 5.74) is 1.23. The lowest BCUT2D eigenvalue weighted by molar-refractivity contribution is -0.117. The average molecular weight is 465 g/mol. The van der Waals surface area contributed by atoms with Crippen LogP contribution in [0.3, 0.4) is 0 Å². The van der Waals surface area contributed by atoms with E-state index < -0.39 is 23.6 Å². The number of imide groups is 1. The lowest BCUT2D eigenvalue weighted by Crippen LogP contribution is -2.35. The number of nitrogens with one attached hydrogen (secondary N) is 2. The molecule has 1 heterocycles. The first-order chi connectivity index (χ1) is 16.0. The molecule has 1 aromatic heterocycles. The number of carbonyl (C=O) groups excluding carboxylic acids is 2. The number of para-hydroxylation sites is 1. The molecule has 0 aliphatic heterocycles. The van der Waals surface area contributed by atoms with Crippen LogP contribution in [0.2, 0.25) is 0 Å². The molecule has 0 bridgehead atoms. The minimum Gasteiger partial charge on any atom is -0.308 e. The van der Waals surface area contributed by atoms with Crippen LogP contribution in [-0.2, 0) is 4.79 Å². The Morgan fingerprint density at radius 2 is 1.61 bits per heavy atom. The van der Waals surface area contributed by atoms with Crippen molar-refractivity contribution in [3.05, 3.63) is 90.5 Å². The van der Waals surface area contributed by atoms with Crippen molar-refractivity contribution in [2.24, 2.45) is 0 Å². The van der Waals surface area contributed by atoms with Gasteiger partial charge in [0.05, 0.1) is 11.4 Å². The average Bonchev–Trinajstić information content (AvgIpc) is 3.22. The van der Waals surface area contributed by atoms with Gasteiger partial charge in [-0.2, -0.15) is 0 Å². The summed E-state index contributed by atoms with van der Waals surface area (Å²) in [4.78, 5) is 24.3. The van der Waals surface area contributed by atoms with Crippen molar-refractivity contribution in [3.63, 3.8) is 0 Å². The Labute approximate surface area is 191 Å². The van der Waals surface area contributed by atoms with Crippen LogP contribution in [0.1, 0.15) is 0 Å². The van der Waals surface area contributed by atoms with Gasteiger partial charge >= 0.3 is 6.03 Å². The van der Waals surface area contributed by atoms with Gasteiger partial charge in [0.2, 0.25) is 5.91 Å². The molecule has 3 amide bonds. The summed E-state index contributed by atoms with van der Waals surface area (Å²) in [7, 11) is 0. The predicted octanol–water partition coefficient (Wildman–Crippen LogP) is 4.65. The Kier molecular flexibility index (Phi) is 6.75. The van der Waals surface area contributed by atoms with Crippen molar-refractivity contribution in [2.75, 3.05) is 11.1 Å². The lowest BCUT2D eigenvalue weighted by atomic mass is 10.2. The third kappa shape index (κ3) is 5.42. The highest BCUT2D eigenvalue weighted by Crippen LogP contribution is 2.29. The van der Waals surface area contributed by atoms with Gasteiger partial charge in [0, 0.05) is 17.3 Å². The number of carbonyl (C=O) groups is 2. The lowest BCUT2D eigenvalue weighted by Gasteiger charge is -2.11. The number of thioether (sulfide) groups is 1. The van der Waals surface area contributed by atoms with Gasteiger partial charge in [-0.05, 0) is 24.3 Å². The fourth-order valence-electron chi connectivity index (χ4n) is 2.99. The summed E-state index contributed by atoms with van der Waals surface area (Å²) in [5.74, 6) is -1.96. The Morgan fingerprint density at radius 3 is 2.30 bits per heavy atom. The molecule has 0 fully saturated rings. The van der Waals surface area contributed by atoms with Crippen LogP contribution < -0.4 is 10.6 Å². The van der Waals surface area contributed by atoms with Gasteiger partial charge in [0.1, 0.15) is 11.6 Å². The third-order valence-electron chi connectivity index (χ3n) is 4.43. The van der Waals surface area contributed by atoms with E-state index in [1.165, 1.54) is 10.6 Å². The zero-order chi connectivity index (χ0) is 23.2. The second kappa shape index (κ2) is 10.0. The molecule has 0 aliphatic carbocycles. The molecule has 4 rings (SSSR count). The predicted molar refractivity (Wildman–Crippen MR) is 121 cm³/mol.